The number of nitrogens with one attached hydrogen (secondary N) is 1. The summed E-state index contributed by atoms with van der Waals surface area (Å²) in [5.41, 5.74) is 0.831. The number of aromatic nitrogens is 4. The number of anilines is 4. The summed E-state index contributed by atoms with van der Waals surface area (Å²) < 4.78 is 51.2. The highest BCUT2D eigenvalue weighted by Gasteiger charge is 2.36. The number of hydrogen-bond acceptors (Lipinski definition) is 9. The first kappa shape index (κ1) is 26.6. The van der Waals surface area contributed by atoms with Crippen molar-refractivity contribution in [3.8, 4) is 11.5 Å². The Balaban J connectivity index is 1.57. The third-order valence-electron chi connectivity index (χ3n) is 5.63. The van der Waals surface area contributed by atoms with E-state index >= 15 is 0 Å². The Hall–Kier alpha value is -3.48. The van der Waals surface area contributed by atoms with E-state index in [0.29, 0.717) is 17.6 Å². The lowest BCUT2D eigenvalue weighted by Crippen LogP contribution is -2.34. The van der Waals surface area contributed by atoms with Gasteiger partial charge in [0.25, 0.3) is 0 Å². The summed E-state index contributed by atoms with van der Waals surface area (Å²) in [5.74, 6) is -0.140. The SMILES string of the molecule is CC(C)N1CCc2cc(-c3nsc(Nc4ncc(N(C)C(=O)OC(C)(C)C)cc4C(F)(F)F)n3)ncc21. The Morgan fingerprint density at radius 2 is 1.92 bits per heavy atom. The summed E-state index contributed by atoms with van der Waals surface area (Å²) in [7, 11) is 1.32. The number of ether oxygens (including phenoxy) is 1. The van der Waals surface area contributed by atoms with Crippen molar-refractivity contribution >= 4 is 39.9 Å². The van der Waals surface area contributed by atoms with Crippen molar-refractivity contribution in [2.45, 2.75) is 58.9 Å². The molecule has 3 aromatic rings. The van der Waals surface area contributed by atoms with Crippen molar-refractivity contribution in [1.82, 2.24) is 19.3 Å². The summed E-state index contributed by atoms with van der Waals surface area (Å²) in [5, 5.41) is 2.75. The molecule has 1 aliphatic heterocycles. The van der Waals surface area contributed by atoms with Gasteiger partial charge in [-0.1, -0.05) is 0 Å². The molecule has 0 atom stereocenters. The number of halogens is 3. The average Bonchev–Trinajstić information content (AvgIpc) is 3.43. The molecule has 37 heavy (non-hydrogen) atoms. The molecule has 0 saturated carbocycles. The molecular weight excluding hydrogens is 507 g/mol. The molecule has 1 amide bonds. The van der Waals surface area contributed by atoms with Crippen molar-refractivity contribution in [3.63, 3.8) is 0 Å². The largest absolute Gasteiger partial charge is 0.443 e. The molecule has 3 aromatic heterocycles. The molecule has 0 radical (unpaired) electrons. The molecule has 0 saturated heterocycles. The topological polar surface area (TPSA) is 96.4 Å². The predicted octanol–water partition coefficient (Wildman–Crippen LogP) is 5.90. The fourth-order valence-corrected chi connectivity index (χ4v) is 4.41. The number of rotatable bonds is 5. The third kappa shape index (κ3) is 5.92. The number of amides is 1. The van der Waals surface area contributed by atoms with Crippen LogP contribution in [0.5, 0.6) is 0 Å². The van der Waals surface area contributed by atoms with E-state index in [-0.39, 0.29) is 10.8 Å². The molecule has 0 aliphatic carbocycles. The van der Waals surface area contributed by atoms with Gasteiger partial charge in [-0.2, -0.15) is 22.5 Å². The molecule has 198 valence electrons. The Morgan fingerprint density at radius 1 is 1.19 bits per heavy atom. The van der Waals surface area contributed by atoms with Crippen LogP contribution in [0.3, 0.4) is 0 Å². The molecule has 4 rings (SSSR count). The monoisotopic (exact) mass is 535 g/mol. The summed E-state index contributed by atoms with van der Waals surface area (Å²) in [4.78, 5) is 28.3. The second-order valence-electron chi connectivity index (χ2n) is 9.91. The number of carbonyl (C=O) groups excluding carboxylic acids is 1. The van der Waals surface area contributed by atoms with Crippen molar-refractivity contribution < 1.29 is 22.7 Å². The van der Waals surface area contributed by atoms with Crippen LogP contribution in [0.25, 0.3) is 11.5 Å². The smallest absolute Gasteiger partial charge is 0.420 e. The fraction of sp³-hybridized carbons (Fsp3) is 0.458. The van der Waals surface area contributed by atoms with E-state index in [1.54, 1.807) is 27.0 Å². The maximum atomic E-state index is 13.9. The maximum absolute atomic E-state index is 13.9. The van der Waals surface area contributed by atoms with Crippen LogP contribution in [-0.2, 0) is 17.3 Å². The molecule has 0 aromatic carbocycles. The van der Waals surface area contributed by atoms with E-state index in [0.717, 1.165) is 52.9 Å². The standard InChI is InChI=1S/C24H28F3N7O2S/c1-13(2)34-8-7-14-9-17(28-12-18(14)34)20-31-21(37-32-20)30-19-16(24(25,26)27)10-15(11-29-19)33(6)22(35)36-23(3,4)5/h9-13H,7-8H2,1-6H3,(H,29,30,31,32). The van der Waals surface area contributed by atoms with Gasteiger partial charge in [0, 0.05) is 31.2 Å². The zero-order valence-electron chi connectivity index (χ0n) is 21.3. The van der Waals surface area contributed by atoms with Crippen molar-refractivity contribution in [2.24, 2.45) is 0 Å². The molecule has 9 nitrogen and oxygen atoms in total. The Kier molecular flexibility index (Phi) is 7.01. The van der Waals surface area contributed by atoms with Gasteiger partial charge < -0.3 is 15.0 Å². The highest BCUT2D eigenvalue weighted by molar-refractivity contribution is 7.09. The van der Waals surface area contributed by atoms with Gasteiger partial charge in [-0.25, -0.2) is 9.78 Å². The van der Waals surface area contributed by atoms with Gasteiger partial charge >= 0.3 is 12.3 Å². The number of carbonyl (C=O) groups is 1. The molecular formula is C24H28F3N7O2S. The van der Waals surface area contributed by atoms with Gasteiger partial charge in [0.1, 0.15) is 22.7 Å². The van der Waals surface area contributed by atoms with Gasteiger partial charge in [0.2, 0.25) is 5.13 Å². The molecule has 4 heterocycles. The van der Waals surface area contributed by atoms with Gasteiger partial charge in [0.15, 0.2) is 5.82 Å². The summed E-state index contributed by atoms with van der Waals surface area (Å²) in [6, 6.07) is 3.11. The molecule has 0 fully saturated rings. The summed E-state index contributed by atoms with van der Waals surface area (Å²) in [6.07, 6.45) is -1.71. The molecule has 13 heteroatoms. The minimum absolute atomic E-state index is 0.0668. The van der Waals surface area contributed by atoms with E-state index in [1.165, 1.54) is 7.05 Å². The van der Waals surface area contributed by atoms with E-state index < -0.39 is 29.3 Å². The van der Waals surface area contributed by atoms with Crippen LogP contribution in [0.2, 0.25) is 0 Å². The molecule has 1 aliphatic rings. The van der Waals surface area contributed by atoms with Crippen molar-refractivity contribution in [3.05, 3.63) is 35.7 Å². The summed E-state index contributed by atoms with van der Waals surface area (Å²) >= 11 is 0.905. The van der Waals surface area contributed by atoms with Crippen LogP contribution < -0.4 is 15.1 Å². The van der Waals surface area contributed by atoms with Gasteiger partial charge in [0.05, 0.1) is 23.8 Å². The zero-order valence-corrected chi connectivity index (χ0v) is 22.2. The first-order valence-corrected chi connectivity index (χ1v) is 12.4. The second-order valence-corrected chi connectivity index (χ2v) is 10.7. The van der Waals surface area contributed by atoms with Crippen LogP contribution >= 0.6 is 11.5 Å². The van der Waals surface area contributed by atoms with E-state index in [1.807, 2.05) is 6.07 Å². The minimum Gasteiger partial charge on any atom is -0.443 e. The molecule has 0 unspecified atom stereocenters. The van der Waals surface area contributed by atoms with Crippen LogP contribution in [0.1, 0.15) is 45.7 Å². The molecule has 0 bridgehead atoms. The van der Waals surface area contributed by atoms with Crippen LogP contribution in [-0.4, -0.2) is 50.7 Å². The lowest BCUT2D eigenvalue weighted by Gasteiger charge is -2.25. The van der Waals surface area contributed by atoms with Crippen LogP contribution in [0.15, 0.2) is 24.5 Å². The normalized spacial score (nSPS) is 13.6. The highest BCUT2D eigenvalue weighted by Crippen LogP contribution is 2.38. The van der Waals surface area contributed by atoms with E-state index in [9.17, 15) is 18.0 Å². The number of fused-ring (bicyclic) bond motifs is 1. The lowest BCUT2D eigenvalue weighted by atomic mass is 10.2. The minimum atomic E-state index is -4.74. The number of hydrogen-bond donors (Lipinski definition) is 1. The maximum Gasteiger partial charge on any atom is 0.420 e. The van der Waals surface area contributed by atoms with Crippen LogP contribution in [0.4, 0.5) is 40.3 Å². The van der Waals surface area contributed by atoms with Crippen molar-refractivity contribution in [2.75, 3.05) is 28.7 Å². The van der Waals surface area contributed by atoms with E-state index in [2.05, 4.69) is 43.4 Å². The first-order valence-electron chi connectivity index (χ1n) is 11.6. The van der Waals surface area contributed by atoms with Crippen molar-refractivity contribution in [1.29, 1.82) is 0 Å². The summed E-state index contributed by atoms with van der Waals surface area (Å²) in [6.45, 7) is 10.1. The highest BCUT2D eigenvalue weighted by atomic mass is 32.1. The number of nitrogens with zero attached hydrogens (tertiary/aromatic N) is 6. The van der Waals surface area contributed by atoms with Gasteiger partial charge in [-0.05, 0) is 58.7 Å². The third-order valence-corrected chi connectivity index (χ3v) is 6.26. The quantitative estimate of drug-likeness (QED) is 0.431. The molecule has 1 N–H and O–H groups in total. The Bertz CT molecular complexity index is 1300. The van der Waals surface area contributed by atoms with Crippen LogP contribution in [0, 0.1) is 0 Å². The lowest BCUT2D eigenvalue weighted by molar-refractivity contribution is -0.137. The predicted molar refractivity (Wildman–Crippen MR) is 136 cm³/mol. The number of pyridine rings is 2. The zero-order chi connectivity index (χ0) is 27.1. The van der Waals surface area contributed by atoms with E-state index in [4.69, 9.17) is 4.74 Å². The first-order chi connectivity index (χ1) is 17.2. The second kappa shape index (κ2) is 9.77. The fourth-order valence-electron chi connectivity index (χ4n) is 3.84. The average molecular weight is 536 g/mol. The van der Waals surface area contributed by atoms with Gasteiger partial charge in [-0.3, -0.25) is 9.88 Å². The Morgan fingerprint density at radius 3 is 2.57 bits per heavy atom. The number of alkyl halides is 3. The molecule has 0 spiro atoms. The van der Waals surface area contributed by atoms with Gasteiger partial charge in [-0.15, -0.1) is 0 Å². The Labute approximate surface area is 216 Å².